The summed E-state index contributed by atoms with van der Waals surface area (Å²) in [7, 11) is 1.64. The van der Waals surface area contributed by atoms with Crippen LogP contribution in [0.15, 0.2) is 78.9 Å². The molecule has 0 aromatic heterocycles. The zero-order valence-corrected chi connectivity index (χ0v) is 19.4. The van der Waals surface area contributed by atoms with Crippen molar-refractivity contribution in [3.63, 3.8) is 0 Å². The van der Waals surface area contributed by atoms with Crippen molar-refractivity contribution in [1.29, 1.82) is 0 Å². The first-order valence-corrected chi connectivity index (χ1v) is 11.8. The van der Waals surface area contributed by atoms with Crippen LogP contribution in [0.2, 0.25) is 0 Å². The maximum absolute atomic E-state index is 12.5. The predicted molar refractivity (Wildman–Crippen MR) is 130 cm³/mol. The predicted octanol–water partition coefficient (Wildman–Crippen LogP) is 5.65. The third-order valence-corrected chi connectivity index (χ3v) is 6.65. The van der Waals surface area contributed by atoms with Crippen molar-refractivity contribution >= 4 is 6.09 Å². The number of para-hydroxylation sites is 2. The Hall–Kier alpha value is -3.51. The maximum Gasteiger partial charge on any atom is 0.410 e. The molecule has 2 heterocycles. The molecule has 3 aromatic rings. The first-order valence-electron chi connectivity index (χ1n) is 11.8. The molecule has 6 nitrogen and oxygen atoms in total. The number of methoxy groups -OCH3 is 1. The van der Waals surface area contributed by atoms with E-state index in [1.165, 1.54) is 5.56 Å². The molecule has 2 saturated heterocycles. The molecule has 0 saturated carbocycles. The highest BCUT2D eigenvalue weighted by Gasteiger charge is 2.40. The zero-order valence-electron chi connectivity index (χ0n) is 19.4. The highest BCUT2D eigenvalue weighted by Crippen LogP contribution is 2.34. The van der Waals surface area contributed by atoms with Crippen LogP contribution in [0.3, 0.4) is 0 Å². The van der Waals surface area contributed by atoms with Crippen molar-refractivity contribution in [2.75, 3.05) is 26.8 Å². The molecule has 2 fully saturated rings. The average molecular weight is 459 g/mol. The minimum Gasteiger partial charge on any atom is -0.493 e. The van der Waals surface area contributed by atoms with Crippen LogP contribution >= 0.6 is 0 Å². The minimum atomic E-state index is -0.187. The van der Waals surface area contributed by atoms with Gasteiger partial charge in [0, 0.05) is 25.7 Å². The second kappa shape index (κ2) is 10.2. The molecule has 0 aliphatic carbocycles. The number of nitrogens with zero attached hydrogens (tertiary/aromatic N) is 2. The second-order valence-corrected chi connectivity index (χ2v) is 8.82. The molecule has 2 aliphatic heterocycles. The highest BCUT2D eigenvalue weighted by molar-refractivity contribution is 5.71. The van der Waals surface area contributed by atoms with Gasteiger partial charge in [0.25, 0.3) is 0 Å². The molecule has 0 unspecified atom stereocenters. The smallest absolute Gasteiger partial charge is 0.410 e. The molecule has 0 radical (unpaired) electrons. The van der Waals surface area contributed by atoms with Crippen molar-refractivity contribution < 1.29 is 19.0 Å². The molecule has 0 N–H and O–H groups in total. The Kier molecular flexibility index (Phi) is 6.67. The third-order valence-electron chi connectivity index (χ3n) is 6.65. The summed E-state index contributed by atoms with van der Waals surface area (Å²) in [5.74, 6) is 2.21. The second-order valence-electron chi connectivity index (χ2n) is 8.82. The molecule has 0 spiro atoms. The summed E-state index contributed by atoms with van der Waals surface area (Å²) in [5.41, 5.74) is 2.34. The number of ether oxygens (including phenoxy) is 3. The SMILES string of the molecule is COc1ccccc1Oc1cccc(CN2CCC(N3C(=O)OC[C@H]3c3ccccc3)CC2)c1. The van der Waals surface area contributed by atoms with Gasteiger partial charge in [-0.05, 0) is 48.2 Å². The van der Waals surface area contributed by atoms with E-state index in [0.717, 1.165) is 43.8 Å². The van der Waals surface area contributed by atoms with Crippen LogP contribution in [0.25, 0.3) is 0 Å². The average Bonchev–Trinajstić information content (AvgIpc) is 3.27. The van der Waals surface area contributed by atoms with Crippen LogP contribution in [-0.2, 0) is 11.3 Å². The van der Waals surface area contributed by atoms with E-state index in [0.29, 0.717) is 18.1 Å². The van der Waals surface area contributed by atoms with Gasteiger partial charge in [-0.25, -0.2) is 4.79 Å². The number of benzene rings is 3. The number of piperidine rings is 1. The number of cyclic esters (lactones) is 1. The molecule has 3 aromatic carbocycles. The maximum atomic E-state index is 12.5. The first-order chi connectivity index (χ1) is 16.7. The monoisotopic (exact) mass is 458 g/mol. The molecule has 176 valence electrons. The van der Waals surface area contributed by atoms with E-state index in [1.54, 1.807) is 7.11 Å². The van der Waals surface area contributed by atoms with E-state index in [2.05, 4.69) is 29.2 Å². The van der Waals surface area contributed by atoms with E-state index >= 15 is 0 Å². The van der Waals surface area contributed by atoms with Gasteiger partial charge >= 0.3 is 6.09 Å². The van der Waals surface area contributed by atoms with Gasteiger partial charge in [0.05, 0.1) is 13.2 Å². The number of hydrogen-bond acceptors (Lipinski definition) is 5. The van der Waals surface area contributed by atoms with Gasteiger partial charge in [0.2, 0.25) is 0 Å². The van der Waals surface area contributed by atoms with Gasteiger partial charge < -0.3 is 14.2 Å². The lowest BCUT2D eigenvalue weighted by molar-refractivity contribution is 0.104. The van der Waals surface area contributed by atoms with Gasteiger partial charge in [0.15, 0.2) is 11.5 Å². The van der Waals surface area contributed by atoms with Gasteiger partial charge in [-0.15, -0.1) is 0 Å². The Labute approximate surface area is 200 Å². The lowest BCUT2D eigenvalue weighted by Gasteiger charge is -2.38. The van der Waals surface area contributed by atoms with Crippen molar-refractivity contribution in [3.05, 3.63) is 90.0 Å². The molecule has 0 bridgehead atoms. The molecule has 1 amide bonds. The lowest BCUT2D eigenvalue weighted by atomic mass is 9.99. The Morgan fingerprint density at radius 2 is 1.65 bits per heavy atom. The fourth-order valence-corrected chi connectivity index (χ4v) is 4.92. The summed E-state index contributed by atoms with van der Waals surface area (Å²) in [6.45, 7) is 3.16. The molecule has 1 atom stereocenters. The van der Waals surface area contributed by atoms with Crippen molar-refractivity contribution in [3.8, 4) is 17.2 Å². The van der Waals surface area contributed by atoms with E-state index in [1.807, 2.05) is 59.5 Å². The number of rotatable bonds is 7. The summed E-state index contributed by atoms with van der Waals surface area (Å²) < 4.78 is 16.9. The molecule has 2 aliphatic rings. The van der Waals surface area contributed by atoms with E-state index in [4.69, 9.17) is 14.2 Å². The van der Waals surface area contributed by atoms with E-state index in [-0.39, 0.29) is 18.2 Å². The Morgan fingerprint density at radius 1 is 0.912 bits per heavy atom. The fraction of sp³-hybridized carbons (Fsp3) is 0.321. The van der Waals surface area contributed by atoms with Crippen LogP contribution in [0, 0.1) is 0 Å². The van der Waals surface area contributed by atoms with Crippen LogP contribution < -0.4 is 9.47 Å². The fourth-order valence-electron chi connectivity index (χ4n) is 4.92. The number of carbonyl (C=O) groups excluding carboxylic acids is 1. The normalized spacial score (nSPS) is 19.1. The first kappa shape index (κ1) is 22.3. The lowest BCUT2D eigenvalue weighted by Crippen LogP contribution is -2.45. The third kappa shape index (κ3) is 4.87. The van der Waals surface area contributed by atoms with Gasteiger partial charge in [-0.2, -0.15) is 0 Å². The van der Waals surface area contributed by atoms with E-state index in [9.17, 15) is 4.79 Å². The van der Waals surface area contributed by atoms with Gasteiger partial charge in [-0.1, -0.05) is 54.6 Å². The largest absolute Gasteiger partial charge is 0.493 e. The van der Waals surface area contributed by atoms with Crippen LogP contribution in [0.1, 0.15) is 30.0 Å². The van der Waals surface area contributed by atoms with Crippen molar-refractivity contribution in [2.45, 2.75) is 31.5 Å². The summed E-state index contributed by atoms with van der Waals surface area (Å²) in [6, 6.07) is 26.3. The molecular weight excluding hydrogens is 428 g/mol. The van der Waals surface area contributed by atoms with Crippen LogP contribution in [0.5, 0.6) is 17.2 Å². The molecule has 5 rings (SSSR count). The summed E-state index contributed by atoms with van der Waals surface area (Å²) in [4.78, 5) is 16.9. The summed E-state index contributed by atoms with van der Waals surface area (Å²) >= 11 is 0. The molecular formula is C28H30N2O4. The summed E-state index contributed by atoms with van der Waals surface area (Å²) in [6.07, 6.45) is 1.69. The minimum absolute atomic E-state index is 0.00839. The Balaban J connectivity index is 1.20. The number of amides is 1. The quantitative estimate of drug-likeness (QED) is 0.458. The Bertz CT molecular complexity index is 1110. The standard InChI is InChI=1S/C28H30N2O4/c1-32-26-12-5-6-13-27(26)34-24-11-7-8-21(18-24)19-29-16-14-23(15-17-29)30-25(20-33-28(30)31)22-9-3-2-4-10-22/h2-13,18,23,25H,14-17,19-20H2,1H3/t25-/m0/s1. The van der Waals surface area contributed by atoms with E-state index < -0.39 is 0 Å². The topological polar surface area (TPSA) is 51.2 Å². The van der Waals surface area contributed by atoms with Gasteiger partial charge in [0.1, 0.15) is 12.4 Å². The number of hydrogen-bond donors (Lipinski definition) is 0. The summed E-state index contributed by atoms with van der Waals surface area (Å²) in [5, 5.41) is 0. The van der Waals surface area contributed by atoms with Crippen molar-refractivity contribution in [2.24, 2.45) is 0 Å². The van der Waals surface area contributed by atoms with Gasteiger partial charge in [-0.3, -0.25) is 9.80 Å². The Morgan fingerprint density at radius 3 is 2.41 bits per heavy atom. The number of likely N-dealkylation sites (tertiary alicyclic amines) is 1. The van der Waals surface area contributed by atoms with Crippen LogP contribution in [-0.4, -0.2) is 48.7 Å². The molecule has 6 heteroatoms. The molecule has 34 heavy (non-hydrogen) atoms. The van der Waals surface area contributed by atoms with Crippen LogP contribution in [0.4, 0.5) is 4.79 Å². The van der Waals surface area contributed by atoms with Crippen molar-refractivity contribution in [1.82, 2.24) is 9.80 Å². The zero-order chi connectivity index (χ0) is 23.3. The highest BCUT2D eigenvalue weighted by atomic mass is 16.6. The number of carbonyl (C=O) groups is 1.